The van der Waals surface area contributed by atoms with E-state index in [2.05, 4.69) is 10.2 Å². The van der Waals surface area contributed by atoms with E-state index in [4.69, 9.17) is 22.1 Å². The number of piperidine rings is 1. The number of hydrogen-bond donors (Lipinski definition) is 1. The van der Waals surface area contributed by atoms with E-state index in [-0.39, 0.29) is 23.4 Å². The van der Waals surface area contributed by atoms with E-state index in [9.17, 15) is 9.18 Å². The summed E-state index contributed by atoms with van der Waals surface area (Å²) in [6.45, 7) is 0.799. The maximum absolute atomic E-state index is 14.3. The fraction of sp³-hybridized carbons (Fsp3) is 0.353. The van der Waals surface area contributed by atoms with Crippen LogP contribution in [-0.2, 0) is 4.74 Å². The van der Waals surface area contributed by atoms with Crippen LogP contribution in [0.15, 0.2) is 30.3 Å². The predicted octanol–water partition coefficient (Wildman–Crippen LogP) is 2.83. The monoisotopic (exact) mass is 364 g/mol. The fourth-order valence-corrected chi connectivity index (χ4v) is 3.25. The van der Waals surface area contributed by atoms with Crippen LogP contribution < -0.4 is 10.6 Å². The highest BCUT2D eigenvalue weighted by molar-refractivity contribution is 6.29. The number of nitrogens with two attached hydrogens (primary N) is 1. The lowest BCUT2D eigenvalue weighted by molar-refractivity contribution is 0.0600. The van der Waals surface area contributed by atoms with E-state index in [1.165, 1.54) is 7.11 Å². The lowest BCUT2D eigenvalue weighted by Gasteiger charge is -2.36. The van der Waals surface area contributed by atoms with Crippen LogP contribution in [0, 0.1) is 0 Å². The first-order chi connectivity index (χ1) is 12.0. The van der Waals surface area contributed by atoms with E-state index in [1.54, 1.807) is 18.2 Å². The summed E-state index contributed by atoms with van der Waals surface area (Å²) in [5.74, 6) is -0.217. The standard InChI is InChI=1S/C17H18ClFN4O2/c1-25-17(24)11-4-2-10(3-5-11)12-6-13(19)9-23(8-12)14-7-15(18)21-22-16(14)20/h2-5,7,12-13H,6,8-9H2,1H3,(H2,20,22). The molecule has 0 radical (unpaired) electrons. The zero-order valence-electron chi connectivity index (χ0n) is 13.7. The number of ether oxygens (including phenoxy) is 1. The maximum atomic E-state index is 14.3. The molecule has 0 spiro atoms. The molecule has 2 heterocycles. The van der Waals surface area contributed by atoms with Crippen molar-refractivity contribution in [1.82, 2.24) is 10.2 Å². The first-order valence-electron chi connectivity index (χ1n) is 7.84. The molecular weight excluding hydrogens is 347 g/mol. The fourth-order valence-electron chi connectivity index (χ4n) is 3.11. The molecule has 2 N–H and O–H groups in total. The summed E-state index contributed by atoms with van der Waals surface area (Å²) in [5.41, 5.74) is 7.87. The Bertz CT molecular complexity index is 772. The van der Waals surface area contributed by atoms with Gasteiger partial charge < -0.3 is 15.4 Å². The molecule has 0 bridgehead atoms. The van der Waals surface area contributed by atoms with Crippen molar-refractivity contribution in [2.75, 3.05) is 30.8 Å². The molecule has 25 heavy (non-hydrogen) atoms. The van der Waals surface area contributed by atoms with E-state index >= 15 is 0 Å². The van der Waals surface area contributed by atoms with Crippen LogP contribution in [0.25, 0.3) is 0 Å². The minimum absolute atomic E-state index is 0.0400. The SMILES string of the molecule is COC(=O)c1ccc(C2CC(F)CN(c3cc(Cl)nnc3N)C2)cc1. The summed E-state index contributed by atoms with van der Waals surface area (Å²) < 4.78 is 19.0. The van der Waals surface area contributed by atoms with Crippen molar-refractivity contribution >= 4 is 29.1 Å². The summed E-state index contributed by atoms with van der Waals surface area (Å²) in [7, 11) is 1.33. The van der Waals surface area contributed by atoms with Gasteiger partial charge in [0.1, 0.15) is 6.17 Å². The maximum Gasteiger partial charge on any atom is 0.337 e. The summed E-state index contributed by atoms with van der Waals surface area (Å²) >= 11 is 5.89. The number of carbonyl (C=O) groups excluding carboxylic acids is 1. The molecule has 1 fully saturated rings. The van der Waals surface area contributed by atoms with Gasteiger partial charge in [-0.05, 0) is 24.1 Å². The zero-order valence-corrected chi connectivity index (χ0v) is 14.4. The third-order valence-electron chi connectivity index (χ3n) is 4.31. The third-order valence-corrected chi connectivity index (χ3v) is 4.50. The number of methoxy groups -OCH3 is 1. The Morgan fingerprint density at radius 2 is 2.04 bits per heavy atom. The first-order valence-corrected chi connectivity index (χ1v) is 8.21. The van der Waals surface area contributed by atoms with Gasteiger partial charge in [-0.1, -0.05) is 23.7 Å². The molecule has 2 unspecified atom stereocenters. The van der Waals surface area contributed by atoms with E-state index < -0.39 is 12.1 Å². The van der Waals surface area contributed by atoms with Crippen molar-refractivity contribution in [2.45, 2.75) is 18.5 Å². The number of anilines is 2. The molecule has 0 aliphatic carbocycles. The Morgan fingerprint density at radius 1 is 1.32 bits per heavy atom. The summed E-state index contributed by atoms with van der Waals surface area (Å²) in [6.07, 6.45) is -0.606. The molecule has 6 nitrogen and oxygen atoms in total. The normalized spacial score (nSPS) is 20.4. The van der Waals surface area contributed by atoms with Crippen molar-refractivity contribution in [3.63, 3.8) is 0 Å². The van der Waals surface area contributed by atoms with Crippen LogP contribution in [0.1, 0.15) is 28.3 Å². The molecule has 2 atom stereocenters. The number of aromatic nitrogens is 2. The molecule has 0 saturated carbocycles. The molecule has 1 aliphatic rings. The first kappa shape index (κ1) is 17.4. The van der Waals surface area contributed by atoms with Gasteiger partial charge in [0.05, 0.1) is 18.4 Å². The lowest BCUT2D eigenvalue weighted by atomic mass is 9.89. The number of carbonyl (C=O) groups is 1. The van der Waals surface area contributed by atoms with Gasteiger partial charge in [-0.25, -0.2) is 9.18 Å². The van der Waals surface area contributed by atoms with Gasteiger partial charge in [0, 0.05) is 25.1 Å². The highest BCUT2D eigenvalue weighted by Crippen LogP contribution is 2.33. The largest absolute Gasteiger partial charge is 0.465 e. The average Bonchev–Trinajstić information content (AvgIpc) is 2.62. The number of alkyl halides is 1. The molecule has 0 amide bonds. The number of rotatable bonds is 3. The Balaban J connectivity index is 1.83. The van der Waals surface area contributed by atoms with Gasteiger partial charge in [-0.2, -0.15) is 0 Å². The van der Waals surface area contributed by atoms with E-state index in [1.807, 2.05) is 17.0 Å². The minimum Gasteiger partial charge on any atom is -0.465 e. The Hall–Kier alpha value is -2.41. The second-order valence-electron chi connectivity index (χ2n) is 5.99. The number of nitrogens with zero attached hydrogens (tertiary/aromatic N) is 3. The molecule has 1 aromatic carbocycles. The Kier molecular flexibility index (Phi) is 5.03. The Morgan fingerprint density at radius 3 is 2.72 bits per heavy atom. The average molecular weight is 365 g/mol. The summed E-state index contributed by atoms with van der Waals surface area (Å²) in [5, 5.41) is 7.70. The van der Waals surface area contributed by atoms with Crippen LogP contribution in [0.3, 0.4) is 0 Å². The second-order valence-corrected chi connectivity index (χ2v) is 6.37. The molecule has 1 aliphatic heterocycles. The van der Waals surface area contributed by atoms with Crippen molar-refractivity contribution in [3.8, 4) is 0 Å². The van der Waals surface area contributed by atoms with Gasteiger partial charge in [0.15, 0.2) is 11.0 Å². The molecular formula is C17H18ClFN4O2. The lowest BCUT2D eigenvalue weighted by Crippen LogP contribution is -2.41. The molecule has 2 aromatic rings. The molecule has 3 rings (SSSR count). The van der Waals surface area contributed by atoms with E-state index in [0.717, 1.165) is 5.56 Å². The topological polar surface area (TPSA) is 81.3 Å². The molecule has 1 saturated heterocycles. The van der Waals surface area contributed by atoms with Crippen molar-refractivity contribution in [3.05, 3.63) is 46.6 Å². The number of nitrogen functional groups attached to an aromatic ring is 1. The van der Waals surface area contributed by atoms with Crippen LogP contribution in [-0.4, -0.2) is 42.5 Å². The number of halogens is 2. The minimum atomic E-state index is -1.01. The summed E-state index contributed by atoms with van der Waals surface area (Å²) in [6, 6.07) is 8.63. The van der Waals surface area contributed by atoms with Crippen LogP contribution in [0.2, 0.25) is 5.15 Å². The highest BCUT2D eigenvalue weighted by Gasteiger charge is 2.30. The van der Waals surface area contributed by atoms with Gasteiger partial charge in [-0.3, -0.25) is 0 Å². The van der Waals surface area contributed by atoms with Crippen LogP contribution in [0.5, 0.6) is 0 Å². The van der Waals surface area contributed by atoms with Crippen molar-refractivity contribution < 1.29 is 13.9 Å². The number of benzene rings is 1. The summed E-state index contributed by atoms with van der Waals surface area (Å²) in [4.78, 5) is 13.4. The van der Waals surface area contributed by atoms with Crippen molar-refractivity contribution in [2.24, 2.45) is 0 Å². The second kappa shape index (κ2) is 7.23. The smallest absolute Gasteiger partial charge is 0.337 e. The Labute approximate surface area is 149 Å². The van der Waals surface area contributed by atoms with Gasteiger partial charge >= 0.3 is 5.97 Å². The highest BCUT2D eigenvalue weighted by atomic mass is 35.5. The van der Waals surface area contributed by atoms with Gasteiger partial charge in [0.25, 0.3) is 0 Å². The quantitative estimate of drug-likeness (QED) is 0.843. The third kappa shape index (κ3) is 3.82. The van der Waals surface area contributed by atoms with Crippen LogP contribution in [0.4, 0.5) is 15.9 Å². The van der Waals surface area contributed by atoms with Gasteiger partial charge in [0.2, 0.25) is 0 Å². The molecule has 132 valence electrons. The molecule has 1 aromatic heterocycles. The zero-order chi connectivity index (χ0) is 18.0. The van der Waals surface area contributed by atoms with E-state index in [0.29, 0.717) is 24.2 Å². The van der Waals surface area contributed by atoms with Gasteiger partial charge in [-0.15, -0.1) is 10.2 Å². The van der Waals surface area contributed by atoms with Crippen molar-refractivity contribution in [1.29, 1.82) is 0 Å². The molecule has 8 heteroatoms. The number of hydrogen-bond acceptors (Lipinski definition) is 6. The van der Waals surface area contributed by atoms with Crippen LogP contribution >= 0.6 is 11.6 Å². The predicted molar refractivity (Wildman–Crippen MR) is 93.7 cm³/mol. The number of esters is 1.